The minimum atomic E-state index is -0.908. The highest BCUT2D eigenvalue weighted by Crippen LogP contribution is 2.34. The van der Waals surface area contributed by atoms with Gasteiger partial charge in [-0.05, 0) is 73.5 Å². The number of barbiturate groups is 1. The molecule has 3 aromatic carbocycles. The normalized spacial score (nSPS) is 13.9. The van der Waals surface area contributed by atoms with Crippen LogP contribution >= 0.6 is 0 Å². The zero-order chi connectivity index (χ0) is 30.9. The summed E-state index contributed by atoms with van der Waals surface area (Å²) >= 11 is 0. The van der Waals surface area contributed by atoms with Crippen molar-refractivity contribution in [1.29, 1.82) is 0 Å². The lowest BCUT2D eigenvalue weighted by molar-refractivity contribution is -0.122. The molecule has 0 bridgehead atoms. The third-order valence-electron chi connectivity index (χ3n) is 6.03. The fraction of sp³-hybridized carbons (Fsp3) is 0.226. The summed E-state index contributed by atoms with van der Waals surface area (Å²) in [5, 5.41) is 4.78. The summed E-state index contributed by atoms with van der Waals surface area (Å²) in [6, 6.07) is 13.6. The zero-order valence-corrected chi connectivity index (χ0v) is 23.8. The van der Waals surface area contributed by atoms with E-state index in [1.807, 2.05) is 6.92 Å². The van der Waals surface area contributed by atoms with Crippen LogP contribution < -0.4 is 34.5 Å². The van der Waals surface area contributed by atoms with Gasteiger partial charge in [-0.3, -0.25) is 19.7 Å². The van der Waals surface area contributed by atoms with Crippen molar-refractivity contribution >= 4 is 41.2 Å². The number of hydrogen-bond donors (Lipinski definition) is 2. The molecule has 2 N–H and O–H groups in total. The Hall–Kier alpha value is -5.39. The molecular weight excluding hydrogens is 561 g/mol. The number of nitrogens with one attached hydrogen (secondary N) is 2. The summed E-state index contributed by atoms with van der Waals surface area (Å²) in [6.45, 7) is 4.07. The van der Waals surface area contributed by atoms with Crippen LogP contribution in [0.5, 0.6) is 23.0 Å². The fourth-order valence-corrected chi connectivity index (χ4v) is 4.06. The Morgan fingerprint density at radius 3 is 2.33 bits per heavy atom. The molecule has 5 amide bonds. The highest BCUT2D eigenvalue weighted by Gasteiger charge is 2.37. The second-order valence-electron chi connectivity index (χ2n) is 9.12. The van der Waals surface area contributed by atoms with Crippen molar-refractivity contribution in [1.82, 2.24) is 5.32 Å². The molecule has 1 aliphatic heterocycles. The van der Waals surface area contributed by atoms with Crippen molar-refractivity contribution in [2.75, 3.05) is 37.1 Å². The second-order valence-corrected chi connectivity index (χ2v) is 9.12. The third kappa shape index (κ3) is 7.47. The Labute approximate surface area is 247 Å². The molecule has 0 saturated carbocycles. The predicted octanol–water partition coefficient (Wildman–Crippen LogP) is 4.71. The van der Waals surface area contributed by atoms with Crippen LogP contribution in [0, 0.1) is 5.82 Å². The molecule has 11 nitrogen and oxygen atoms in total. The SMILES string of the molecule is CCCOc1ccc(N2C(=O)NC(=O)/C(=C/c3ccc(OCC(=O)Nc4ccc(F)cc4)c(OCC)c3)C2=O)cc1OC. The van der Waals surface area contributed by atoms with Crippen LogP contribution in [0.3, 0.4) is 0 Å². The van der Waals surface area contributed by atoms with Crippen LogP contribution in [-0.4, -0.2) is 50.7 Å². The lowest BCUT2D eigenvalue weighted by Crippen LogP contribution is -2.54. The first-order valence-electron chi connectivity index (χ1n) is 13.4. The van der Waals surface area contributed by atoms with E-state index in [9.17, 15) is 23.6 Å². The fourth-order valence-electron chi connectivity index (χ4n) is 4.06. The summed E-state index contributed by atoms with van der Waals surface area (Å²) in [5.74, 6) is -1.34. The summed E-state index contributed by atoms with van der Waals surface area (Å²) in [6.07, 6.45) is 2.10. The standard InChI is InChI=1S/C31H30FN3O8/c1-4-14-42-24-13-11-22(17-26(24)40-3)35-30(38)23(29(37)34-31(35)39)15-19-6-12-25(27(16-19)41-5-2)43-18-28(36)33-21-9-7-20(32)8-10-21/h6-13,15-17H,4-5,14,18H2,1-3H3,(H,33,36)(H,34,37,39)/b23-15-. The maximum Gasteiger partial charge on any atom is 0.335 e. The molecule has 0 aromatic heterocycles. The number of ether oxygens (including phenoxy) is 4. The third-order valence-corrected chi connectivity index (χ3v) is 6.03. The average Bonchev–Trinajstić information content (AvgIpc) is 2.99. The van der Waals surface area contributed by atoms with Gasteiger partial charge in [0.25, 0.3) is 17.7 Å². The van der Waals surface area contributed by atoms with Gasteiger partial charge in [0.1, 0.15) is 11.4 Å². The number of imide groups is 2. The number of carbonyl (C=O) groups excluding carboxylic acids is 4. The maximum absolute atomic E-state index is 13.4. The lowest BCUT2D eigenvalue weighted by Gasteiger charge is -2.27. The number of amides is 5. The van der Waals surface area contributed by atoms with Crippen LogP contribution in [0.15, 0.2) is 66.2 Å². The van der Waals surface area contributed by atoms with E-state index in [2.05, 4.69) is 10.6 Å². The number of methoxy groups -OCH3 is 1. The number of benzene rings is 3. The van der Waals surface area contributed by atoms with Crippen LogP contribution in [-0.2, 0) is 14.4 Å². The Kier molecular flexibility index (Phi) is 9.94. The average molecular weight is 592 g/mol. The van der Waals surface area contributed by atoms with Gasteiger partial charge in [-0.1, -0.05) is 13.0 Å². The molecule has 1 aliphatic rings. The lowest BCUT2D eigenvalue weighted by atomic mass is 10.1. The first kappa shape index (κ1) is 30.6. The molecule has 0 atom stereocenters. The number of anilines is 2. The van der Waals surface area contributed by atoms with E-state index in [0.717, 1.165) is 11.3 Å². The van der Waals surface area contributed by atoms with Gasteiger partial charge in [0.05, 0.1) is 26.0 Å². The number of nitrogens with zero attached hydrogens (tertiary/aromatic N) is 1. The minimum Gasteiger partial charge on any atom is -0.493 e. The molecule has 1 saturated heterocycles. The van der Waals surface area contributed by atoms with Gasteiger partial charge in [-0.15, -0.1) is 0 Å². The van der Waals surface area contributed by atoms with Gasteiger partial charge in [-0.2, -0.15) is 0 Å². The molecule has 12 heteroatoms. The number of hydrogen-bond acceptors (Lipinski definition) is 8. The summed E-state index contributed by atoms with van der Waals surface area (Å²) < 4.78 is 35.4. The van der Waals surface area contributed by atoms with Gasteiger partial charge in [0.15, 0.2) is 29.6 Å². The van der Waals surface area contributed by atoms with Gasteiger partial charge in [0.2, 0.25) is 0 Å². The number of halogens is 1. The highest BCUT2D eigenvalue weighted by molar-refractivity contribution is 6.39. The second kappa shape index (κ2) is 14.0. The van der Waals surface area contributed by atoms with Crippen molar-refractivity contribution < 1.29 is 42.5 Å². The first-order chi connectivity index (χ1) is 20.7. The Morgan fingerprint density at radius 1 is 0.907 bits per heavy atom. The number of rotatable bonds is 12. The van der Waals surface area contributed by atoms with Gasteiger partial charge < -0.3 is 24.3 Å². The van der Waals surface area contributed by atoms with E-state index in [4.69, 9.17) is 18.9 Å². The largest absolute Gasteiger partial charge is 0.493 e. The summed E-state index contributed by atoms with van der Waals surface area (Å²) in [7, 11) is 1.44. The molecule has 4 rings (SSSR count). The van der Waals surface area contributed by atoms with Crippen LogP contribution in [0.2, 0.25) is 0 Å². The molecule has 3 aromatic rings. The maximum atomic E-state index is 13.4. The highest BCUT2D eigenvalue weighted by atomic mass is 19.1. The number of carbonyl (C=O) groups is 4. The van der Waals surface area contributed by atoms with Gasteiger partial charge in [-0.25, -0.2) is 14.1 Å². The van der Waals surface area contributed by atoms with Crippen molar-refractivity contribution in [3.8, 4) is 23.0 Å². The Morgan fingerprint density at radius 2 is 1.63 bits per heavy atom. The molecule has 0 radical (unpaired) electrons. The molecule has 0 unspecified atom stereocenters. The molecule has 0 aliphatic carbocycles. The Bertz CT molecular complexity index is 1560. The van der Waals surface area contributed by atoms with Gasteiger partial charge >= 0.3 is 6.03 Å². The van der Waals surface area contributed by atoms with Crippen LogP contribution in [0.1, 0.15) is 25.8 Å². The first-order valence-corrected chi connectivity index (χ1v) is 13.4. The van der Waals surface area contributed by atoms with Gasteiger partial charge in [0, 0.05) is 11.8 Å². The molecule has 224 valence electrons. The van der Waals surface area contributed by atoms with Crippen LogP contribution in [0.4, 0.5) is 20.6 Å². The predicted molar refractivity (Wildman–Crippen MR) is 156 cm³/mol. The molecule has 1 fully saturated rings. The monoisotopic (exact) mass is 591 g/mol. The van der Waals surface area contributed by atoms with E-state index in [1.54, 1.807) is 19.1 Å². The van der Waals surface area contributed by atoms with Crippen molar-refractivity contribution in [3.05, 3.63) is 77.6 Å². The molecule has 43 heavy (non-hydrogen) atoms. The Balaban J connectivity index is 1.54. The molecule has 0 spiro atoms. The topological polar surface area (TPSA) is 132 Å². The van der Waals surface area contributed by atoms with Crippen molar-refractivity contribution in [3.63, 3.8) is 0 Å². The zero-order valence-electron chi connectivity index (χ0n) is 23.8. The van der Waals surface area contributed by atoms with E-state index in [0.29, 0.717) is 29.4 Å². The van der Waals surface area contributed by atoms with E-state index < -0.39 is 29.6 Å². The van der Waals surface area contributed by atoms with E-state index in [1.165, 1.54) is 61.7 Å². The quantitative estimate of drug-likeness (QED) is 0.229. The molecule has 1 heterocycles. The van der Waals surface area contributed by atoms with E-state index >= 15 is 0 Å². The summed E-state index contributed by atoms with van der Waals surface area (Å²) in [5.41, 5.74) is 0.698. The molecular formula is C31H30FN3O8. The van der Waals surface area contributed by atoms with Crippen molar-refractivity contribution in [2.45, 2.75) is 20.3 Å². The summed E-state index contributed by atoms with van der Waals surface area (Å²) in [4.78, 5) is 52.0. The van der Waals surface area contributed by atoms with Crippen LogP contribution in [0.25, 0.3) is 6.08 Å². The number of urea groups is 1. The van der Waals surface area contributed by atoms with E-state index in [-0.39, 0.29) is 36.0 Å². The minimum absolute atomic E-state index is 0.180. The van der Waals surface area contributed by atoms with Crippen molar-refractivity contribution in [2.24, 2.45) is 0 Å². The smallest absolute Gasteiger partial charge is 0.335 e.